The van der Waals surface area contributed by atoms with E-state index in [1.165, 1.54) is 25.3 Å². The van der Waals surface area contributed by atoms with Crippen molar-refractivity contribution in [3.05, 3.63) is 94.1 Å². The Morgan fingerprint density at radius 1 is 1.09 bits per heavy atom. The van der Waals surface area contributed by atoms with Gasteiger partial charge in [0.1, 0.15) is 12.3 Å². The van der Waals surface area contributed by atoms with Crippen LogP contribution < -0.4 is 19.7 Å². The molecule has 1 saturated heterocycles. The number of anilines is 1. The zero-order valence-corrected chi connectivity index (χ0v) is 18.7. The number of rotatable bonds is 7. The molecule has 0 atom stereocenters. The molecular weight excluding hydrogens is 460 g/mol. The predicted octanol–water partition coefficient (Wildman–Crippen LogP) is 4.72. The standard InChI is InChI=1S/C25H19ClN2O6/c1-33-21-13-16(12-20-23(29)28(25(32)27-20)18-5-3-2-4-6-18)11-19(26)22(21)34-14-15-7-9-17(10-8-15)24(30)31/h2-13H,14H2,1H3,(H,27,32)(H,30,31). The van der Waals surface area contributed by atoms with Crippen molar-refractivity contribution in [3.8, 4) is 11.5 Å². The Hall–Kier alpha value is -4.30. The third-order valence-electron chi connectivity index (χ3n) is 5.04. The number of benzene rings is 3. The molecule has 1 aliphatic rings. The molecule has 8 nitrogen and oxygen atoms in total. The highest BCUT2D eigenvalue weighted by molar-refractivity contribution is 6.32. The maximum atomic E-state index is 12.8. The Bertz CT molecular complexity index is 1290. The van der Waals surface area contributed by atoms with Crippen molar-refractivity contribution in [2.75, 3.05) is 12.0 Å². The molecule has 0 unspecified atom stereocenters. The SMILES string of the molecule is COc1cc(C=C2NC(=O)N(c3ccccc3)C2=O)cc(Cl)c1OCc1ccc(C(=O)O)cc1. The van der Waals surface area contributed by atoms with Gasteiger partial charge in [-0.15, -0.1) is 0 Å². The first-order valence-corrected chi connectivity index (χ1v) is 10.5. The molecule has 9 heteroatoms. The van der Waals surface area contributed by atoms with E-state index in [-0.39, 0.29) is 22.9 Å². The number of carboxylic acids is 1. The number of amides is 3. The second-order valence-electron chi connectivity index (χ2n) is 7.29. The maximum Gasteiger partial charge on any atom is 0.335 e. The highest BCUT2D eigenvalue weighted by Crippen LogP contribution is 2.38. The summed E-state index contributed by atoms with van der Waals surface area (Å²) in [5, 5.41) is 11.8. The lowest BCUT2D eigenvalue weighted by molar-refractivity contribution is -0.113. The lowest BCUT2D eigenvalue weighted by atomic mass is 10.1. The highest BCUT2D eigenvalue weighted by Gasteiger charge is 2.34. The number of para-hydroxylation sites is 1. The largest absolute Gasteiger partial charge is 0.493 e. The van der Waals surface area contributed by atoms with Crippen molar-refractivity contribution in [1.82, 2.24) is 5.32 Å². The Morgan fingerprint density at radius 2 is 1.79 bits per heavy atom. The topological polar surface area (TPSA) is 105 Å². The summed E-state index contributed by atoms with van der Waals surface area (Å²) < 4.78 is 11.2. The minimum atomic E-state index is -1.01. The van der Waals surface area contributed by atoms with Gasteiger partial charge in [0.25, 0.3) is 5.91 Å². The number of hydrogen-bond acceptors (Lipinski definition) is 5. The Morgan fingerprint density at radius 3 is 2.44 bits per heavy atom. The van der Waals surface area contributed by atoms with E-state index in [4.69, 9.17) is 26.2 Å². The molecule has 4 rings (SSSR count). The smallest absolute Gasteiger partial charge is 0.335 e. The second-order valence-corrected chi connectivity index (χ2v) is 7.70. The molecule has 1 aliphatic heterocycles. The number of carboxylic acid groups (broad SMARTS) is 1. The summed E-state index contributed by atoms with van der Waals surface area (Å²) in [7, 11) is 1.46. The fourth-order valence-corrected chi connectivity index (χ4v) is 3.65. The molecule has 34 heavy (non-hydrogen) atoms. The van der Waals surface area contributed by atoms with Gasteiger partial charge in [0.15, 0.2) is 11.5 Å². The number of urea groups is 1. The molecule has 3 aromatic rings. The average Bonchev–Trinajstić information content (AvgIpc) is 3.11. The van der Waals surface area contributed by atoms with Crippen LogP contribution in [0.5, 0.6) is 11.5 Å². The van der Waals surface area contributed by atoms with Crippen LogP contribution in [0.25, 0.3) is 6.08 Å². The van der Waals surface area contributed by atoms with Crippen LogP contribution in [0.15, 0.2) is 72.4 Å². The first kappa shape index (κ1) is 22.9. The quantitative estimate of drug-likeness (QED) is 0.376. The summed E-state index contributed by atoms with van der Waals surface area (Å²) in [6.07, 6.45) is 1.51. The molecular formula is C25H19ClN2O6. The summed E-state index contributed by atoms with van der Waals surface area (Å²) >= 11 is 6.43. The molecule has 172 valence electrons. The summed E-state index contributed by atoms with van der Waals surface area (Å²) in [4.78, 5) is 37.2. The lowest BCUT2D eigenvalue weighted by Crippen LogP contribution is -2.30. The van der Waals surface area contributed by atoms with Crippen LogP contribution in [0.3, 0.4) is 0 Å². The van der Waals surface area contributed by atoms with Crippen molar-refractivity contribution < 1.29 is 29.0 Å². The number of imide groups is 1. The van der Waals surface area contributed by atoms with Gasteiger partial charge >= 0.3 is 12.0 Å². The maximum absolute atomic E-state index is 12.8. The number of nitrogens with one attached hydrogen (secondary N) is 1. The fraction of sp³-hybridized carbons (Fsp3) is 0.0800. The van der Waals surface area contributed by atoms with E-state index in [0.29, 0.717) is 22.7 Å². The van der Waals surface area contributed by atoms with Crippen molar-refractivity contribution in [1.29, 1.82) is 0 Å². The minimum absolute atomic E-state index is 0.0964. The Balaban J connectivity index is 1.55. The summed E-state index contributed by atoms with van der Waals surface area (Å²) in [6, 6.07) is 17.5. The van der Waals surface area contributed by atoms with E-state index in [1.54, 1.807) is 54.6 Å². The molecule has 0 aliphatic carbocycles. The summed E-state index contributed by atoms with van der Waals surface area (Å²) in [6.45, 7) is 0.136. The molecule has 0 spiro atoms. The molecule has 2 N–H and O–H groups in total. The predicted molar refractivity (Wildman–Crippen MR) is 126 cm³/mol. The van der Waals surface area contributed by atoms with E-state index < -0.39 is 17.9 Å². The van der Waals surface area contributed by atoms with Gasteiger partial charge in [0.05, 0.1) is 23.4 Å². The van der Waals surface area contributed by atoms with E-state index in [2.05, 4.69) is 5.32 Å². The van der Waals surface area contributed by atoms with Crippen LogP contribution in [-0.2, 0) is 11.4 Å². The van der Waals surface area contributed by atoms with Gasteiger partial charge in [-0.3, -0.25) is 4.79 Å². The van der Waals surface area contributed by atoms with E-state index >= 15 is 0 Å². The van der Waals surface area contributed by atoms with Crippen molar-refractivity contribution in [2.24, 2.45) is 0 Å². The van der Waals surface area contributed by atoms with Gasteiger partial charge < -0.3 is 19.9 Å². The van der Waals surface area contributed by atoms with Crippen molar-refractivity contribution >= 4 is 41.3 Å². The number of carbonyl (C=O) groups excluding carboxylic acids is 2. The molecule has 0 aromatic heterocycles. The van der Waals surface area contributed by atoms with Crippen LogP contribution in [0.1, 0.15) is 21.5 Å². The summed E-state index contributed by atoms with van der Waals surface area (Å²) in [5.74, 6) is -0.873. The zero-order valence-electron chi connectivity index (χ0n) is 17.9. The number of carbonyl (C=O) groups is 3. The Kier molecular flexibility index (Phi) is 6.51. The first-order valence-electron chi connectivity index (χ1n) is 10.1. The number of nitrogens with zero attached hydrogens (tertiary/aromatic N) is 1. The average molecular weight is 479 g/mol. The van der Waals surface area contributed by atoms with Gasteiger partial charge in [0.2, 0.25) is 0 Å². The lowest BCUT2D eigenvalue weighted by Gasteiger charge is -2.14. The van der Waals surface area contributed by atoms with Crippen LogP contribution in [0, 0.1) is 0 Å². The van der Waals surface area contributed by atoms with Gasteiger partial charge in [0, 0.05) is 0 Å². The van der Waals surface area contributed by atoms with Crippen LogP contribution in [0.2, 0.25) is 5.02 Å². The molecule has 0 radical (unpaired) electrons. The third-order valence-corrected chi connectivity index (χ3v) is 5.32. The zero-order chi connectivity index (χ0) is 24.2. The van der Waals surface area contributed by atoms with Gasteiger partial charge in [-0.25, -0.2) is 14.5 Å². The van der Waals surface area contributed by atoms with Gasteiger partial charge in [-0.2, -0.15) is 0 Å². The van der Waals surface area contributed by atoms with Crippen LogP contribution in [-0.4, -0.2) is 30.1 Å². The number of aromatic carboxylic acids is 1. The Labute approximate surface area is 200 Å². The monoisotopic (exact) mass is 478 g/mol. The van der Waals surface area contributed by atoms with E-state index in [1.807, 2.05) is 0 Å². The summed E-state index contributed by atoms with van der Waals surface area (Å²) in [5.41, 5.74) is 2.01. The molecule has 3 amide bonds. The van der Waals surface area contributed by atoms with E-state index in [0.717, 1.165) is 10.5 Å². The van der Waals surface area contributed by atoms with Crippen LogP contribution >= 0.6 is 11.6 Å². The molecule has 1 heterocycles. The van der Waals surface area contributed by atoms with Gasteiger partial charge in [-0.1, -0.05) is 41.9 Å². The molecule has 3 aromatic carbocycles. The second kappa shape index (κ2) is 9.68. The molecule has 0 bridgehead atoms. The number of ether oxygens (including phenoxy) is 2. The van der Waals surface area contributed by atoms with Gasteiger partial charge in [-0.05, 0) is 53.6 Å². The molecule has 1 fully saturated rings. The van der Waals surface area contributed by atoms with E-state index in [9.17, 15) is 14.4 Å². The van der Waals surface area contributed by atoms with Crippen molar-refractivity contribution in [3.63, 3.8) is 0 Å². The van der Waals surface area contributed by atoms with Crippen molar-refractivity contribution in [2.45, 2.75) is 6.61 Å². The number of hydrogen-bond donors (Lipinski definition) is 2. The normalized spacial score (nSPS) is 14.3. The third kappa shape index (κ3) is 4.72. The number of halogens is 1. The molecule has 0 saturated carbocycles. The first-order chi connectivity index (χ1) is 16.4. The van der Waals surface area contributed by atoms with Crippen LogP contribution in [0.4, 0.5) is 10.5 Å². The highest BCUT2D eigenvalue weighted by atomic mass is 35.5. The minimum Gasteiger partial charge on any atom is -0.493 e. The fourth-order valence-electron chi connectivity index (χ4n) is 3.38. The number of methoxy groups -OCH3 is 1.